The summed E-state index contributed by atoms with van der Waals surface area (Å²) in [5.41, 5.74) is 8.62. The summed E-state index contributed by atoms with van der Waals surface area (Å²) in [5.74, 6) is -0.200. The van der Waals surface area contributed by atoms with E-state index < -0.39 is 25.4 Å². The van der Waals surface area contributed by atoms with Crippen molar-refractivity contribution in [1.29, 1.82) is 0 Å². The van der Waals surface area contributed by atoms with Crippen molar-refractivity contribution >= 4 is 0 Å². The van der Waals surface area contributed by atoms with Crippen LogP contribution in [0.5, 0.6) is 5.88 Å². The van der Waals surface area contributed by atoms with Gasteiger partial charge in [0.25, 0.3) is 0 Å². The number of ether oxygens (including phenoxy) is 1. The van der Waals surface area contributed by atoms with Crippen LogP contribution in [0.4, 0.5) is 13.2 Å². The Balaban J connectivity index is 2.70. The first kappa shape index (κ1) is 14.1. The van der Waals surface area contributed by atoms with Crippen LogP contribution in [0.15, 0.2) is 23.4 Å². The van der Waals surface area contributed by atoms with Gasteiger partial charge in [-0.25, -0.2) is 4.98 Å². The third-order valence-corrected chi connectivity index (χ3v) is 1.89. The first-order chi connectivity index (χ1) is 8.46. The summed E-state index contributed by atoms with van der Waals surface area (Å²) in [6, 6.07) is 1.75. The summed E-state index contributed by atoms with van der Waals surface area (Å²) in [4.78, 5) is 6.15. The van der Waals surface area contributed by atoms with Gasteiger partial charge < -0.3 is 9.84 Å². The van der Waals surface area contributed by atoms with E-state index in [1.807, 2.05) is 0 Å². The number of hydrogen-bond donors (Lipinski definition) is 1. The molecule has 0 aromatic carbocycles. The number of halogens is 3. The third-order valence-electron chi connectivity index (χ3n) is 1.89. The predicted molar refractivity (Wildman–Crippen MR) is 54.8 cm³/mol. The molecule has 9 heteroatoms. The van der Waals surface area contributed by atoms with Gasteiger partial charge in [0.1, 0.15) is 0 Å². The second kappa shape index (κ2) is 6.08. The zero-order valence-corrected chi connectivity index (χ0v) is 9.00. The van der Waals surface area contributed by atoms with E-state index in [2.05, 4.69) is 19.7 Å². The molecule has 98 valence electrons. The van der Waals surface area contributed by atoms with Crippen molar-refractivity contribution < 1.29 is 23.0 Å². The number of pyridine rings is 1. The largest absolute Gasteiger partial charge is 0.468 e. The number of aliphatic hydroxyl groups is 1. The monoisotopic (exact) mass is 262 g/mol. The second-order valence-electron chi connectivity index (χ2n) is 3.24. The summed E-state index contributed by atoms with van der Waals surface area (Å²) in [6.45, 7) is -1.85. The molecule has 0 aliphatic heterocycles. The predicted octanol–water partition coefficient (Wildman–Crippen LogP) is 2.37. The topological polar surface area (TPSA) is 91.1 Å². The Morgan fingerprint density at radius 3 is 2.67 bits per heavy atom. The second-order valence-corrected chi connectivity index (χ2v) is 3.24. The Morgan fingerprint density at radius 1 is 1.50 bits per heavy atom. The molecule has 1 heterocycles. The summed E-state index contributed by atoms with van der Waals surface area (Å²) < 4.78 is 40.0. The summed E-state index contributed by atoms with van der Waals surface area (Å²) >= 11 is 0. The highest BCUT2D eigenvalue weighted by atomic mass is 19.4. The van der Waals surface area contributed by atoms with E-state index in [0.29, 0.717) is 5.56 Å². The molecule has 0 saturated heterocycles. The first-order valence-corrected chi connectivity index (χ1v) is 4.77. The Kier molecular flexibility index (Phi) is 4.75. The van der Waals surface area contributed by atoms with Crippen LogP contribution in [0.2, 0.25) is 0 Å². The molecule has 0 saturated carbocycles. The van der Waals surface area contributed by atoms with E-state index in [0.717, 1.165) is 0 Å². The molecule has 1 N–H and O–H groups in total. The molecule has 0 fully saturated rings. The van der Waals surface area contributed by atoms with Gasteiger partial charge in [-0.3, -0.25) is 0 Å². The number of alkyl halides is 3. The smallest absolute Gasteiger partial charge is 0.422 e. The zero-order chi connectivity index (χ0) is 13.6. The van der Waals surface area contributed by atoms with E-state index in [-0.39, 0.29) is 5.88 Å². The number of aliphatic hydroxyl groups excluding tert-OH is 1. The van der Waals surface area contributed by atoms with Crippen LogP contribution < -0.4 is 4.74 Å². The highest BCUT2D eigenvalue weighted by molar-refractivity contribution is 5.21. The Bertz CT molecular complexity index is 428. The molecule has 6 nitrogen and oxygen atoms in total. The Labute approximate surface area is 99.6 Å². The van der Waals surface area contributed by atoms with Crippen LogP contribution in [0.3, 0.4) is 0 Å². The van der Waals surface area contributed by atoms with Crippen molar-refractivity contribution in [2.24, 2.45) is 5.11 Å². The lowest BCUT2D eigenvalue weighted by Crippen LogP contribution is -2.19. The van der Waals surface area contributed by atoms with Gasteiger partial charge in [-0.1, -0.05) is 11.2 Å². The fourth-order valence-electron chi connectivity index (χ4n) is 1.10. The van der Waals surface area contributed by atoms with Gasteiger partial charge in [0.15, 0.2) is 6.61 Å². The average molecular weight is 262 g/mol. The molecule has 0 aliphatic carbocycles. The number of nitrogens with zero attached hydrogens (tertiary/aromatic N) is 4. The molecule has 18 heavy (non-hydrogen) atoms. The van der Waals surface area contributed by atoms with Crippen LogP contribution in [-0.4, -0.2) is 29.5 Å². The fraction of sp³-hybridized carbons (Fsp3) is 0.444. The zero-order valence-electron chi connectivity index (χ0n) is 9.00. The maximum absolute atomic E-state index is 11.9. The average Bonchev–Trinajstić information content (AvgIpc) is 2.33. The molecule has 1 unspecified atom stereocenters. The molecule has 1 aromatic heterocycles. The molecule has 1 aromatic rings. The van der Waals surface area contributed by atoms with Gasteiger partial charge in [0.05, 0.1) is 12.6 Å². The molecule has 0 amide bonds. The molecule has 1 rings (SSSR count). The third kappa shape index (κ3) is 4.48. The van der Waals surface area contributed by atoms with E-state index in [9.17, 15) is 13.2 Å². The van der Waals surface area contributed by atoms with Crippen LogP contribution in [0.1, 0.15) is 11.6 Å². The lowest BCUT2D eigenvalue weighted by molar-refractivity contribution is -0.154. The number of rotatable bonds is 5. The van der Waals surface area contributed by atoms with Gasteiger partial charge in [-0.05, 0) is 11.1 Å². The summed E-state index contributed by atoms with van der Waals surface area (Å²) in [7, 11) is 0. The molecule has 0 bridgehead atoms. The Hall–Kier alpha value is -1.99. The fourth-order valence-corrected chi connectivity index (χ4v) is 1.10. The molecule has 1 atom stereocenters. The van der Waals surface area contributed by atoms with Gasteiger partial charge in [-0.2, -0.15) is 13.2 Å². The molecule has 0 aliphatic rings. The lowest BCUT2D eigenvalue weighted by atomic mass is 10.1. The molecule has 0 radical (unpaired) electrons. The van der Waals surface area contributed by atoms with Crippen molar-refractivity contribution in [1.82, 2.24) is 4.98 Å². The minimum absolute atomic E-state index is 0.200. The normalized spacial score (nSPS) is 12.7. The van der Waals surface area contributed by atoms with Gasteiger partial charge in [0, 0.05) is 17.2 Å². The number of aromatic nitrogens is 1. The number of azide groups is 1. The van der Waals surface area contributed by atoms with Crippen molar-refractivity contribution in [3.8, 4) is 5.88 Å². The summed E-state index contributed by atoms with van der Waals surface area (Å²) in [6.07, 6.45) is -3.25. The van der Waals surface area contributed by atoms with E-state index >= 15 is 0 Å². The highest BCUT2D eigenvalue weighted by Gasteiger charge is 2.28. The maximum Gasteiger partial charge on any atom is 0.422 e. The van der Waals surface area contributed by atoms with Crippen molar-refractivity contribution in [3.63, 3.8) is 0 Å². The van der Waals surface area contributed by atoms with Crippen molar-refractivity contribution in [2.75, 3.05) is 13.2 Å². The quantitative estimate of drug-likeness (QED) is 0.501. The van der Waals surface area contributed by atoms with Crippen LogP contribution in [-0.2, 0) is 0 Å². The maximum atomic E-state index is 11.9. The van der Waals surface area contributed by atoms with Crippen LogP contribution in [0.25, 0.3) is 10.4 Å². The molecule has 0 spiro atoms. The SMILES string of the molecule is [N-]=[N+]=NC(CO)c1ccc(OCC(F)(F)F)nc1. The van der Waals surface area contributed by atoms with E-state index in [1.54, 1.807) is 0 Å². The molecular weight excluding hydrogens is 253 g/mol. The minimum Gasteiger partial charge on any atom is -0.468 e. The van der Waals surface area contributed by atoms with E-state index in [4.69, 9.17) is 10.6 Å². The van der Waals surface area contributed by atoms with Crippen molar-refractivity contribution in [2.45, 2.75) is 12.2 Å². The standard InChI is InChI=1S/C9H9F3N4O2/c10-9(11,12)5-18-8-2-1-6(3-14-8)7(4-17)15-16-13/h1-3,7,17H,4-5H2. The van der Waals surface area contributed by atoms with Gasteiger partial charge in [0.2, 0.25) is 5.88 Å². The number of hydrogen-bond acceptors (Lipinski definition) is 4. The van der Waals surface area contributed by atoms with Crippen LogP contribution in [0, 0.1) is 0 Å². The lowest BCUT2D eigenvalue weighted by Gasteiger charge is -2.10. The first-order valence-electron chi connectivity index (χ1n) is 4.77. The Morgan fingerprint density at radius 2 is 2.22 bits per heavy atom. The summed E-state index contributed by atoms with van der Waals surface area (Å²) in [5, 5.41) is 12.2. The van der Waals surface area contributed by atoms with E-state index in [1.165, 1.54) is 18.3 Å². The molecular formula is C9H9F3N4O2. The van der Waals surface area contributed by atoms with Crippen LogP contribution >= 0.6 is 0 Å². The van der Waals surface area contributed by atoms with Gasteiger partial charge in [-0.15, -0.1) is 0 Å². The minimum atomic E-state index is -4.43. The van der Waals surface area contributed by atoms with Gasteiger partial charge >= 0.3 is 6.18 Å². The van der Waals surface area contributed by atoms with Crippen molar-refractivity contribution in [3.05, 3.63) is 34.3 Å². The highest BCUT2D eigenvalue weighted by Crippen LogP contribution is 2.20.